The molecule has 1 aliphatic rings. The number of nitrogens with zero attached hydrogens (tertiary/aromatic N) is 1. The largest absolute Gasteiger partial charge is 0.350 e. The second kappa shape index (κ2) is 6.95. The first-order chi connectivity index (χ1) is 11.5. The number of likely N-dealkylation sites (tertiary alicyclic amines) is 1. The average molecular weight is 351 g/mol. The molecule has 0 aliphatic carbocycles. The molecular formula is C18H22ClFN3O+. The van der Waals surface area contributed by atoms with E-state index in [4.69, 9.17) is 11.6 Å². The van der Waals surface area contributed by atoms with E-state index < -0.39 is 5.82 Å². The molecule has 1 amide bonds. The van der Waals surface area contributed by atoms with Crippen LogP contribution in [-0.4, -0.2) is 23.1 Å². The topological polar surface area (TPSA) is 38.5 Å². The Hall–Kier alpha value is -1.85. The fourth-order valence-electron chi connectivity index (χ4n) is 3.56. The zero-order chi connectivity index (χ0) is 17.3. The third kappa shape index (κ3) is 3.32. The van der Waals surface area contributed by atoms with Gasteiger partial charge in [-0.3, -0.25) is 4.79 Å². The Balaban J connectivity index is 1.74. The molecule has 2 aromatic rings. The van der Waals surface area contributed by atoms with Gasteiger partial charge in [0.05, 0.1) is 22.9 Å². The van der Waals surface area contributed by atoms with E-state index in [-0.39, 0.29) is 17.0 Å². The average Bonchev–Trinajstić information content (AvgIpc) is 3.17. The summed E-state index contributed by atoms with van der Waals surface area (Å²) in [6, 6.07) is 8.25. The van der Waals surface area contributed by atoms with Crippen LogP contribution < -0.4 is 10.2 Å². The van der Waals surface area contributed by atoms with Crippen LogP contribution in [-0.2, 0) is 11.8 Å². The number of benzene rings is 1. The zero-order valence-electron chi connectivity index (χ0n) is 13.9. The van der Waals surface area contributed by atoms with Gasteiger partial charge in [-0.2, -0.15) is 0 Å². The molecule has 2 heterocycles. The molecule has 128 valence electrons. The van der Waals surface area contributed by atoms with E-state index in [1.54, 1.807) is 0 Å². The predicted molar refractivity (Wildman–Crippen MR) is 92.7 cm³/mol. The summed E-state index contributed by atoms with van der Waals surface area (Å²) >= 11 is 6.00. The first kappa shape index (κ1) is 17.0. The molecule has 6 heteroatoms. The predicted octanol–water partition coefficient (Wildman–Crippen LogP) is 2.56. The third-order valence-electron chi connectivity index (χ3n) is 4.89. The smallest absolute Gasteiger partial charge is 0.282 e. The maximum absolute atomic E-state index is 13.1. The van der Waals surface area contributed by atoms with E-state index in [1.807, 2.05) is 26.2 Å². The number of rotatable bonds is 4. The van der Waals surface area contributed by atoms with E-state index in [9.17, 15) is 9.18 Å². The third-order valence-corrected chi connectivity index (χ3v) is 5.20. The van der Waals surface area contributed by atoms with Crippen molar-refractivity contribution in [2.75, 3.05) is 11.9 Å². The van der Waals surface area contributed by atoms with Crippen LogP contribution in [0.3, 0.4) is 0 Å². The molecule has 1 unspecified atom stereocenters. The van der Waals surface area contributed by atoms with E-state index >= 15 is 0 Å². The van der Waals surface area contributed by atoms with Crippen molar-refractivity contribution in [1.29, 1.82) is 0 Å². The summed E-state index contributed by atoms with van der Waals surface area (Å²) < 4.78 is 15.3. The Kier molecular flexibility index (Phi) is 4.92. The number of carbonyl (C=O) groups excluding carboxylic acids is 1. The van der Waals surface area contributed by atoms with Gasteiger partial charge in [0.25, 0.3) is 5.91 Å². The van der Waals surface area contributed by atoms with Crippen LogP contribution in [0.4, 0.5) is 10.1 Å². The number of anilines is 1. The standard InChI is InChI=1S/C18H21ClFN3O/c1-12(18(24)21-15-8-7-13(20)11-14(15)19)23-10-4-6-17(23)16-5-3-9-22(16)2/h3,5,7-9,11-12,17H,4,6,10H2,1-2H3,(H,21,24)/p+1/t12-,17-/m1/s1. The Bertz CT molecular complexity index is 746. The van der Waals surface area contributed by atoms with Crippen molar-refractivity contribution in [1.82, 2.24) is 4.57 Å². The molecule has 2 N–H and O–H groups in total. The van der Waals surface area contributed by atoms with Gasteiger partial charge in [-0.1, -0.05) is 11.6 Å². The van der Waals surface area contributed by atoms with Crippen LogP contribution in [0.5, 0.6) is 0 Å². The summed E-state index contributed by atoms with van der Waals surface area (Å²) in [6.07, 6.45) is 4.20. The summed E-state index contributed by atoms with van der Waals surface area (Å²) in [6.45, 7) is 2.89. The van der Waals surface area contributed by atoms with Crippen LogP contribution >= 0.6 is 11.6 Å². The molecule has 3 rings (SSSR count). The zero-order valence-corrected chi connectivity index (χ0v) is 14.6. The lowest BCUT2D eigenvalue weighted by molar-refractivity contribution is -0.932. The van der Waals surface area contributed by atoms with Gasteiger partial charge < -0.3 is 14.8 Å². The van der Waals surface area contributed by atoms with Crippen molar-refractivity contribution >= 4 is 23.2 Å². The van der Waals surface area contributed by atoms with Gasteiger partial charge in [0.1, 0.15) is 11.9 Å². The molecular weight excluding hydrogens is 329 g/mol. The minimum absolute atomic E-state index is 0.0976. The molecule has 0 spiro atoms. The van der Waals surface area contributed by atoms with Gasteiger partial charge in [0.15, 0.2) is 6.04 Å². The SMILES string of the molecule is C[C@H](C(=O)Nc1ccc(F)cc1Cl)[NH+]1CCC[C@@H]1c1cccn1C. The molecule has 4 nitrogen and oxygen atoms in total. The quantitative estimate of drug-likeness (QED) is 0.874. The Morgan fingerprint density at radius 2 is 2.25 bits per heavy atom. The molecule has 1 aromatic carbocycles. The highest BCUT2D eigenvalue weighted by Crippen LogP contribution is 2.23. The van der Waals surface area contributed by atoms with Gasteiger partial charge in [0, 0.05) is 26.1 Å². The number of amides is 1. The minimum atomic E-state index is -0.417. The second-order valence-corrected chi connectivity index (χ2v) is 6.81. The van der Waals surface area contributed by atoms with Gasteiger partial charge in [0.2, 0.25) is 0 Å². The number of quaternary nitrogens is 1. The van der Waals surface area contributed by atoms with Crippen molar-refractivity contribution in [3.8, 4) is 0 Å². The number of carbonyl (C=O) groups is 1. The number of halogens is 2. The minimum Gasteiger partial charge on any atom is -0.350 e. The second-order valence-electron chi connectivity index (χ2n) is 6.40. The number of nitrogens with one attached hydrogen (secondary N) is 2. The normalized spacial score (nSPS) is 21.7. The van der Waals surface area contributed by atoms with E-state index in [0.717, 1.165) is 19.4 Å². The van der Waals surface area contributed by atoms with E-state index in [2.05, 4.69) is 16.0 Å². The van der Waals surface area contributed by atoms with Crippen molar-refractivity contribution in [3.05, 3.63) is 53.1 Å². The van der Waals surface area contributed by atoms with Crippen molar-refractivity contribution in [3.63, 3.8) is 0 Å². The molecule has 0 saturated carbocycles. The van der Waals surface area contributed by atoms with Crippen LogP contribution in [0.25, 0.3) is 0 Å². The summed E-state index contributed by atoms with van der Waals surface area (Å²) in [5.41, 5.74) is 1.70. The van der Waals surface area contributed by atoms with Crippen LogP contribution in [0.2, 0.25) is 5.02 Å². The summed E-state index contributed by atoms with van der Waals surface area (Å²) in [7, 11) is 2.04. The summed E-state index contributed by atoms with van der Waals surface area (Å²) in [5.74, 6) is -0.514. The number of hydrogen-bond acceptors (Lipinski definition) is 1. The number of aryl methyl sites for hydroxylation is 1. The van der Waals surface area contributed by atoms with Gasteiger partial charge in [-0.05, 0) is 37.3 Å². The molecule has 1 fully saturated rings. The molecule has 0 bridgehead atoms. The van der Waals surface area contributed by atoms with Crippen LogP contribution in [0.15, 0.2) is 36.5 Å². The molecule has 3 atom stereocenters. The Labute approximate surface area is 146 Å². The maximum Gasteiger partial charge on any atom is 0.282 e. The molecule has 1 aliphatic heterocycles. The van der Waals surface area contributed by atoms with Gasteiger partial charge in [-0.15, -0.1) is 0 Å². The lowest BCUT2D eigenvalue weighted by atomic mass is 10.1. The van der Waals surface area contributed by atoms with Gasteiger partial charge in [-0.25, -0.2) is 4.39 Å². The highest BCUT2D eigenvalue weighted by atomic mass is 35.5. The lowest BCUT2D eigenvalue weighted by Crippen LogP contribution is -3.15. The Morgan fingerprint density at radius 3 is 2.92 bits per heavy atom. The Morgan fingerprint density at radius 1 is 1.46 bits per heavy atom. The molecule has 24 heavy (non-hydrogen) atoms. The monoisotopic (exact) mass is 350 g/mol. The molecule has 0 radical (unpaired) electrons. The summed E-state index contributed by atoms with van der Waals surface area (Å²) in [5, 5.41) is 3.04. The number of hydrogen-bond donors (Lipinski definition) is 2. The van der Waals surface area contributed by atoms with Crippen molar-refractivity contribution < 1.29 is 14.1 Å². The van der Waals surface area contributed by atoms with Crippen molar-refractivity contribution in [2.24, 2.45) is 7.05 Å². The van der Waals surface area contributed by atoms with Crippen LogP contribution in [0.1, 0.15) is 31.5 Å². The molecule has 1 aromatic heterocycles. The van der Waals surface area contributed by atoms with Gasteiger partial charge >= 0.3 is 0 Å². The van der Waals surface area contributed by atoms with Crippen LogP contribution in [0, 0.1) is 5.82 Å². The molecule has 1 saturated heterocycles. The summed E-state index contributed by atoms with van der Waals surface area (Å²) in [4.78, 5) is 13.9. The first-order valence-electron chi connectivity index (χ1n) is 8.20. The van der Waals surface area contributed by atoms with Crippen molar-refractivity contribution in [2.45, 2.75) is 31.8 Å². The highest BCUT2D eigenvalue weighted by Gasteiger charge is 2.38. The fraction of sp³-hybridized carbons (Fsp3) is 0.389. The first-order valence-corrected chi connectivity index (χ1v) is 8.58. The fourth-order valence-corrected chi connectivity index (χ4v) is 3.78. The van der Waals surface area contributed by atoms with E-state index in [0.29, 0.717) is 11.7 Å². The number of aromatic nitrogens is 1. The lowest BCUT2D eigenvalue weighted by Gasteiger charge is -2.27. The van der Waals surface area contributed by atoms with E-state index in [1.165, 1.54) is 28.8 Å². The highest BCUT2D eigenvalue weighted by molar-refractivity contribution is 6.33. The maximum atomic E-state index is 13.1.